The summed E-state index contributed by atoms with van der Waals surface area (Å²) in [7, 11) is 0. The minimum Gasteiger partial charge on any atom is -0.378 e. The summed E-state index contributed by atoms with van der Waals surface area (Å²) in [6.07, 6.45) is 0. The Morgan fingerprint density at radius 1 is 0.818 bits per heavy atom. The van der Waals surface area contributed by atoms with Crippen molar-refractivity contribution in [1.29, 1.82) is 0 Å². The van der Waals surface area contributed by atoms with Gasteiger partial charge in [-0.1, -0.05) is 48.5 Å². The lowest BCUT2D eigenvalue weighted by Crippen LogP contribution is -2.52. The fourth-order valence-corrected chi connectivity index (χ4v) is 4.49. The maximum atomic E-state index is 13.6. The number of hydrogen-bond donors (Lipinski definition) is 0. The second-order valence-corrected chi connectivity index (χ2v) is 8.50. The van der Waals surface area contributed by atoms with E-state index in [1.165, 1.54) is 0 Å². The third kappa shape index (κ3) is 4.74. The Bertz CT molecular complexity index is 1140. The van der Waals surface area contributed by atoms with E-state index in [9.17, 15) is 9.59 Å². The standard InChI is InChI=1S/C26H28N4O3/c31-25(29-14-16-33-17-15-29)19-28-10-12-30(13-11-28)26(32)22-18-24(20-6-2-1-3-7-20)27-23-9-5-4-8-21(22)23/h1-9,18H,10-17,19H2. The number of piperazine rings is 1. The van der Waals surface area contributed by atoms with E-state index in [2.05, 4.69) is 4.90 Å². The van der Waals surface area contributed by atoms with E-state index in [1.807, 2.05) is 70.5 Å². The molecule has 1 aromatic heterocycles. The van der Waals surface area contributed by atoms with Crippen molar-refractivity contribution >= 4 is 22.7 Å². The third-order valence-electron chi connectivity index (χ3n) is 6.40. The molecule has 0 N–H and O–H groups in total. The van der Waals surface area contributed by atoms with Crippen LogP contribution in [0.25, 0.3) is 22.2 Å². The lowest BCUT2D eigenvalue weighted by molar-refractivity contribution is -0.136. The number of nitrogens with zero attached hydrogens (tertiary/aromatic N) is 4. The van der Waals surface area contributed by atoms with Gasteiger partial charge in [0, 0.05) is 50.2 Å². The Hall–Kier alpha value is -3.29. The number of benzene rings is 2. The van der Waals surface area contributed by atoms with Crippen LogP contribution in [-0.4, -0.2) is 90.5 Å². The van der Waals surface area contributed by atoms with Gasteiger partial charge < -0.3 is 14.5 Å². The van der Waals surface area contributed by atoms with E-state index in [0.717, 1.165) is 22.2 Å². The van der Waals surface area contributed by atoms with Crippen molar-refractivity contribution < 1.29 is 14.3 Å². The van der Waals surface area contributed by atoms with Crippen LogP contribution in [-0.2, 0) is 9.53 Å². The molecule has 0 saturated carbocycles. The first-order valence-corrected chi connectivity index (χ1v) is 11.5. The summed E-state index contributed by atoms with van der Waals surface area (Å²) in [6.45, 7) is 5.54. The predicted molar refractivity (Wildman–Crippen MR) is 127 cm³/mol. The zero-order valence-electron chi connectivity index (χ0n) is 18.7. The topological polar surface area (TPSA) is 66.0 Å². The summed E-state index contributed by atoms with van der Waals surface area (Å²) in [6, 6.07) is 19.7. The van der Waals surface area contributed by atoms with Gasteiger partial charge in [0.2, 0.25) is 5.91 Å². The highest BCUT2D eigenvalue weighted by Gasteiger charge is 2.26. The number of hydrogen-bond acceptors (Lipinski definition) is 5. The van der Waals surface area contributed by atoms with Crippen LogP contribution in [0.5, 0.6) is 0 Å². The Labute approximate surface area is 193 Å². The maximum Gasteiger partial charge on any atom is 0.254 e. The van der Waals surface area contributed by atoms with Crippen LogP contribution < -0.4 is 0 Å². The molecular weight excluding hydrogens is 416 g/mol. The molecule has 3 heterocycles. The van der Waals surface area contributed by atoms with Gasteiger partial charge in [0.1, 0.15) is 0 Å². The second-order valence-electron chi connectivity index (χ2n) is 8.50. The van der Waals surface area contributed by atoms with Crippen LogP contribution in [0.4, 0.5) is 0 Å². The molecule has 170 valence electrons. The number of carbonyl (C=O) groups is 2. The molecule has 0 bridgehead atoms. The Morgan fingerprint density at radius 3 is 2.27 bits per heavy atom. The number of fused-ring (bicyclic) bond motifs is 1. The van der Waals surface area contributed by atoms with Crippen LogP contribution in [0.15, 0.2) is 60.7 Å². The first-order valence-electron chi connectivity index (χ1n) is 11.5. The van der Waals surface area contributed by atoms with Crippen molar-refractivity contribution in [2.75, 3.05) is 59.0 Å². The van der Waals surface area contributed by atoms with Gasteiger partial charge in [-0.15, -0.1) is 0 Å². The molecule has 0 spiro atoms. The molecule has 7 heteroatoms. The largest absolute Gasteiger partial charge is 0.378 e. The van der Waals surface area contributed by atoms with Gasteiger partial charge in [-0.3, -0.25) is 14.5 Å². The SMILES string of the molecule is O=C(CN1CCN(C(=O)c2cc(-c3ccccc3)nc3ccccc23)CC1)N1CCOCC1. The number of carbonyl (C=O) groups excluding carboxylic acids is 2. The summed E-state index contributed by atoms with van der Waals surface area (Å²) >= 11 is 0. The summed E-state index contributed by atoms with van der Waals surface area (Å²) in [5, 5.41) is 0.868. The van der Waals surface area contributed by atoms with Crippen molar-refractivity contribution in [1.82, 2.24) is 19.7 Å². The molecule has 5 rings (SSSR count). The monoisotopic (exact) mass is 444 g/mol. The smallest absolute Gasteiger partial charge is 0.254 e. The Morgan fingerprint density at radius 2 is 1.52 bits per heavy atom. The zero-order chi connectivity index (χ0) is 22.6. The molecule has 2 amide bonds. The van der Waals surface area contributed by atoms with Gasteiger partial charge in [0.25, 0.3) is 5.91 Å². The third-order valence-corrected chi connectivity index (χ3v) is 6.40. The zero-order valence-corrected chi connectivity index (χ0v) is 18.7. The number of para-hydroxylation sites is 1. The molecule has 0 atom stereocenters. The van der Waals surface area contributed by atoms with E-state index in [4.69, 9.17) is 9.72 Å². The maximum absolute atomic E-state index is 13.6. The van der Waals surface area contributed by atoms with Gasteiger partial charge in [0.15, 0.2) is 0 Å². The van der Waals surface area contributed by atoms with Crippen molar-refractivity contribution in [3.8, 4) is 11.3 Å². The highest BCUT2D eigenvalue weighted by atomic mass is 16.5. The van der Waals surface area contributed by atoms with Crippen LogP contribution in [0.3, 0.4) is 0 Å². The van der Waals surface area contributed by atoms with Gasteiger partial charge >= 0.3 is 0 Å². The fourth-order valence-electron chi connectivity index (χ4n) is 4.49. The van der Waals surface area contributed by atoms with Crippen LogP contribution in [0.2, 0.25) is 0 Å². The molecule has 33 heavy (non-hydrogen) atoms. The minimum atomic E-state index is 0.0185. The number of amides is 2. The first kappa shape index (κ1) is 21.6. The molecule has 0 aliphatic carbocycles. The lowest BCUT2D eigenvalue weighted by Gasteiger charge is -2.36. The predicted octanol–water partition coefficient (Wildman–Crippen LogP) is 2.52. The molecule has 2 fully saturated rings. The van der Waals surface area contributed by atoms with Gasteiger partial charge in [-0.2, -0.15) is 0 Å². The van der Waals surface area contributed by atoms with E-state index in [1.54, 1.807) is 0 Å². The van der Waals surface area contributed by atoms with Crippen LogP contribution >= 0.6 is 0 Å². The average molecular weight is 445 g/mol. The van der Waals surface area contributed by atoms with E-state index >= 15 is 0 Å². The van der Waals surface area contributed by atoms with Crippen molar-refractivity contribution in [3.63, 3.8) is 0 Å². The number of rotatable bonds is 4. The number of pyridine rings is 1. The summed E-state index contributed by atoms with van der Waals surface area (Å²) in [5.41, 5.74) is 3.28. The normalized spacial score (nSPS) is 17.3. The van der Waals surface area contributed by atoms with E-state index in [-0.39, 0.29) is 11.8 Å². The average Bonchev–Trinajstić information content (AvgIpc) is 2.89. The van der Waals surface area contributed by atoms with Crippen LogP contribution in [0, 0.1) is 0 Å². The number of ether oxygens (including phenoxy) is 1. The van der Waals surface area contributed by atoms with Gasteiger partial charge in [-0.05, 0) is 12.1 Å². The highest BCUT2D eigenvalue weighted by Crippen LogP contribution is 2.26. The first-order chi connectivity index (χ1) is 16.2. The van der Waals surface area contributed by atoms with Crippen molar-refractivity contribution in [2.24, 2.45) is 0 Å². The molecule has 2 aliphatic rings. The van der Waals surface area contributed by atoms with E-state index < -0.39 is 0 Å². The quantitative estimate of drug-likeness (QED) is 0.619. The minimum absolute atomic E-state index is 0.0185. The number of aromatic nitrogens is 1. The van der Waals surface area contributed by atoms with E-state index in [0.29, 0.717) is 64.6 Å². The van der Waals surface area contributed by atoms with Gasteiger partial charge in [-0.25, -0.2) is 4.98 Å². The van der Waals surface area contributed by atoms with Gasteiger partial charge in [0.05, 0.1) is 36.5 Å². The number of morpholine rings is 1. The molecule has 0 unspecified atom stereocenters. The second kappa shape index (κ2) is 9.68. The Balaban J connectivity index is 1.31. The summed E-state index contributed by atoms with van der Waals surface area (Å²) < 4.78 is 5.33. The highest BCUT2D eigenvalue weighted by molar-refractivity contribution is 6.07. The fraction of sp³-hybridized carbons (Fsp3) is 0.346. The summed E-state index contributed by atoms with van der Waals surface area (Å²) in [4.78, 5) is 36.8. The molecule has 2 aromatic carbocycles. The molecule has 0 radical (unpaired) electrons. The van der Waals surface area contributed by atoms with Crippen molar-refractivity contribution in [3.05, 3.63) is 66.2 Å². The molecule has 2 saturated heterocycles. The molecule has 7 nitrogen and oxygen atoms in total. The Kier molecular flexibility index (Phi) is 6.32. The molecular formula is C26H28N4O3. The lowest BCUT2D eigenvalue weighted by atomic mass is 10.0. The molecule has 2 aliphatic heterocycles. The van der Waals surface area contributed by atoms with Crippen molar-refractivity contribution in [2.45, 2.75) is 0 Å². The van der Waals surface area contributed by atoms with Crippen LogP contribution in [0.1, 0.15) is 10.4 Å². The summed E-state index contributed by atoms with van der Waals surface area (Å²) in [5.74, 6) is 0.163. The molecule has 3 aromatic rings.